The third-order valence-corrected chi connectivity index (χ3v) is 4.52. The van der Waals surface area contributed by atoms with E-state index in [2.05, 4.69) is 46.0 Å². The van der Waals surface area contributed by atoms with Crippen molar-refractivity contribution >= 4 is 34.2 Å². The van der Waals surface area contributed by atoms with Crippen LogP contribution in [0.15, 0.2) is 61.2 Å². The van der Waals surface area contributed by atoms with E-state index in [1.165, 1.54) is 0 Å². The molecule has 1 unspecified atom stereocenters. The molecule has 1 aromatic carbocycles. The second-order valence-corrected chi connectivity index (χ2v) is 6.78. The van der Waals surface area contributed by atoms with Crippen molar-refractivity contribution < 1.29 is 9.53 Å². The molecule has 128 valence electrons. The zero-order valence-corrected chi connectivity index (χ0v) is 15.9. The van der Waals surface area contributed by atoms with Crippen molar-refractivity contribution in [3.63, 3.8) is 0 Å². The maximum Gasteiger partial charge on any atom is 0.246 e. The minimum absolute atomic E-state index is 0.0342. The summed E-state index contributed by atoms with van der Waals surface area (Å²) in [6, 6.07) is 7.44. The van der Waals surface area contributed by atoms with Crippen molar-refractivity contribution in [1.82, 2.24) is 4.90 Å². The molecule has 1 aromatic rings. The molecule has 0 saturated carbocycles. The smallest absolute Gasteiger partial charge is 0.246 e. The van der Waals surface area contributed by atoms with E-state index in [4.69, 9.17) is 4.74 Å². The van der Waals surface area contributed by atoms with Gasteiger partial charge in [0.2, 0.25) is 5.91 Å². The number of nitrogens with one attached hydrogen (secondary N) is 1. The van der Waals surface area contributed by atoms with E-state index in [1.807, 2.05) is 42.5 Å². The zero-order valence-electron chi connectivity index (χ0n) is 13.7. The summed E-state index contributed by atoms with van der Waals surface area (Å²) < 4.78 is 6.53. The Balaban J connectivity index is 2.23. The maximum absolute atomic E-state index is 13.0. The van der Waals surface area contributed by atoms with Crippen molar-refractivity contribution in [2.24, 2.45) is 0 Å². The summed E-state index contributed by atoms with van der Waals surface area (Å²) in [7, 11) is 0. The van der Waals surface area contributed by atoms with E-state index in [0.717, 1.165) is 21.3 Å². The molecule has 2 rings (SSSR count). The van der Waals surface area contributed by atoms with Crippen LogP contribution in [0.25, 0.3) is 0 Å². The van der Waals surface area contributed by atoms with Crippen molar-refractivity contribution in [2.75, 3.05) is 31.6 Å². The van der Waals surface area contributed by atoms with E-state index in [9.17, 15) is 4.79 Å². The number of carbonyl (C=O) groups excluding carboxylic acids is 1. The molecule has 1 heterocycles. The Bertz CT molecular complexity index is 600. The van der Waals surface area contributed by atoms with Gasteiger partial charge in [0.1, 0.15) is 6.04 Å². The molecule has 0 spiro atoms. The van der Waals surface area contributed by atoms with E-state index in [-0.39, 0.29) is 11.9 Å². The lowest BCUT2D eigenvalue weighted by Crippen LogP contribution is -2.46. The van der Waals surface area contributed by atoms with Gasteiger partial charge in [-0.1, -0.05) is 18.2 Å². The number of rotatable bonds is 8. The highest BCUT2D eigenvalue weighted by Gasteiger charge is 2.29. The number of ether oxygens (including phenoxy) is 1. The van der Waals surface area contributed by atoms with Gasteiger partial charge < -0.3 is 10.1 Å². The van der Waals surface area contributed by atoms with Crippen LogP contribution < -0.4 is 5.32 Å². The number of hydrogen-bond donors (Lipinski definition) is 1. The van der Waals surface area contributed by atoms with Gasteiger partial charge >= 0.3 is 0 Å². The van der Waals surface area contributed by atoms with Crippen LogP contribution in [0.1, 0.15) is 6.42 Å². The summed E-state index contributed by atoms with van der Waals surface area (Å²) >= 11 is 2.25. The first-order valence-electron chi connectivity index (χ1n) is 7.94. The molecular weight excluding hydrogens is 415 g/mol. The largest absolute Gasteiger partial charge is 0.377 e. The molecule has 5 heteroatoms. The average Bonchev–Trinajstić information content (AvgIpc) is 2.58. The molecule has 1 aliphatic rings. The van der Waals surface area contributed by atoms with Crippen LogP contribution in [0, 0.1) is 3.57 Å². The number of halogens is 1. The topological polar surface area (TPSA) is 41.6 Å². The second kappa shape index (κ2) is 9.76. The van der Waals surface area contributed by atoms with Gasteiger partial charge in [0, 0.05) is 22.3 Å². The standard InChI is InChI=1S/C19H23IN2O2/c1-3-11-22(12-4-2)18(15-9-13-24-14-10-15)19(23)21-17-7-5-16(20)6-8-17/h3-9,18H,1-2,10-14H2,(H,21,23). The number of carbonyl (C=O) groups is 1. The Labute approximate surface area is 157 Å². The number of amides is 1. The molecule has 1 atom stereocenters. The second-order valence-electron chi connectivity index (χ2n) is 5.53. The zero-order chi connectivity index (χ0) is 17.4. The minimum Gasteiger partial charge on any atom is -0.377 e. The van der Waals surface area contributed by atoms with Gasteiger partial charge in [0.25, 0.3) is 0 Å². The first-order chi connectivity index (χ1) is 11.7. The van der Waals surface area contributed by atoms with Crippen LogP contribution in [0.3, 0.4) is 0 Å². The average molecular weight is 438 g/mol. The Kier molecular flexibility index (Phi) is 7.68. The lowest BCUT2D eigenvalue weighted by Gasteiger charge is -2.32. The van der Waals surface area contributed by atoms with Gasteiger partial charge in [-0.2, -0.15) is 0 Å². The van der Waals surface area contributed by atoms with Crippen LogP contribution in [0.5, 0.6) is 0 Å². The van der Waals surface area contributed by atoms with Gasteiger partial charge in [0.15, 0.2) is 0 Å². The molecule has 0 fully saturated rings. The number of nitrogens with zero attached hydrogens (tertiary/aromatic N) is 1. The number of anilines is 1. The molecule has 0 aliphatic carbocycles. The molecule has 1 amide bonds. The first-order valence-corrected chi connectivity index (χ1v) is 9.02. The van der Waals surface area contributed by atoms with Crippen molar-refractivity contribution in [2.45, 2.75) is 12.5 Å². The fraction of sp³-hybridized carbons (Fsp3) is 0.316. The van der Waals surface area contributed by atoms with Crippen LogP contribution in [-0.4, -0.2) is 43.2 Å². The monoisotopic (exact) mass is 438 g/mol. The highest BCUT2D eigenvalue weighted by molar-refractivity contribution is 14.1. The van der Waals surface area contributed by atoms with E-state index >= 15 is 0 Å². The number of benzene rings is 1. The van der Waals surface area contributed by atoms with Gasteiger partial charge in [-0.25, -0.2) is 0 Å². The minimum atomic E-state index is -0.343. The molecule has 1 N–H and O–H groups in total. The van der Waals surface area contributed by atoms with Crippen LogP contribution in [-0.2, 0) is 9.53 Å². The molecule has 1 aliphatic heterocycles. The van der Waals surface area contributed by atoms with E-state index in [1.54, 1.807) is 0 Å². The Morgan fingerprint density at radius 1 is 1.29 bits per heavy atom. The summed E-state index contributed by atoms with van der Waals surface area (Å²) in [5, 5.41) is 3.03. The van der Waals surface area contributed by atoms with Gasteiger partial charge in [-0.15, -0.1) is 13.2 Å². The van der Waals surface area contributed by atoms with E-state index in [0.29, 0.717) is 26.3 Å². The summed E-state index contributed by atoms with van der Waals surface area (Å²) in [5.74, 6) is -0.0342. The third kappa shape index (κ3) is 5.29. The van der Waals surface area contributed by atoms with Crippen molar-refractivity contribution in [3.8, 4) is 0 Å². The molecule has 0 bridgehead atoms. The molecule has 24 heavy (non-hydrogen) atoms. The predicted molar refractivity (Wildman–Crippen MR) is 107 cm³/mol. The molecule has 0 radical (unpaired) electrons. The lowest BCUT2D eigenvalue weighted by molar-refractivity contribution is -0.120. The fourth-order valence-electron chi connectivity index (χ4n) is 2.72. The predicted octanol–water partition coefficient (Wildman–Crippen LogP) is 3.62. The lowest BCUT2D eigenvalue weighted by atomic mass is 9.99. The Hall–Kier alpha value is -1.44. The summed E-state index contributed by atoms with van der Waals surface area (Å²) in [4.78, 5) is 15.1. The van der Waals surface area contributed by atoms with E-state index < -0.39 is 0 Å². The Morgan fingerprint density at radius 2 is 1.96 bits per heavy atom. The van der Waals surface area contributed by atoms with Gasteiger partial charge in [0.05, 0.1) is 13.2 Å². The van der Waals surface area contributed by atoms with Crippen LogP contribution in [0.4, 0.5) is 5.69 Å². The SMILES string of the molecule is C=CCN(CC=C)C(C(=O)Nc1ccc(I)cc1)C1=CCOCC1. The van der Waals surface area contributed by atoms with Gasteiger partial charge in [-0.3, -0.25) is 9.69 Å². The highest BCUT2D eigenvalue weighted by Crippen LogP contribution is 2.20. The fourth-order valence-corrected chi connectivity index (χ4v) is 3.08. The normalized spacial score (nSPS) is 15.5. The molecule has 0 saturated heterocycles. The first kappa shape index (κ1) is 18.9. The summed E-state index contributed by atoms with van der Waals surface area (Å²) in [6.45, 7) is 10.1. The maximum atomic E-state index is 13.0. The van der Waals surface area contributed by atoms with Crippen molar-refractivity contribution in [3.05, 3.63) is 64.8 Å². The summed E-state index contributed by atoms with van der Waals surface area (Å²) in [6.07, 6.45) is 6.40. The van der Waals surface area contributed by atoms with Crippen LogP contribution in [0.2, 0.25) is 0 Å². The third-order valence-electron chi connectivity index (χ3n) is 3.80. The quantitative estimate of drug-likeness (QED) is 0.498. The Morgan fingerprint density at radius 3 is 2.50 bits per heavy atom. The molecule has 0 aromatic heterocycles. The molecular formula is C19H23IN2O2. The highest BCUT2D eigenvalue weighted by atomic mass is 127. The summed E-state index contributed by atoms with van der Waals surface area (Å²) in [5.41, 5.74) is 1.89. The van der Waals surface area contributed by atoms with Crippen LogP contribution >= 0.6 is 22.6 Å². The molecule has 4 nitrogen and oxygen atoms in total. The van der Waals surface area contributed by atoms with Gasteiger partial charge in [-0.05, 0) is 58.9 Å². The van der Waals surface area contributed by atoms with Crippen molar-refractivity contribution in [1.29, 1.82) is 0 Å². The number of hydrogen-bond acceptors (Lipinski definition) is 3.